The second-order valence-corrected chi connectivity index (χ2v) is 4.11. The van der Waals surface area contributed by atoms with Crippen molar-refractivity contribution in [2.45, 2.75) is 25.8 Å². The maximum Gasteiger partial charge on any atom is 0.243 e. The van der Waals surface area contributed by atoms with Gasteiger partial charge < -0.3 is 11.1 Å². The SMILES string of the molecule is CC(CCc1ccccc1)Nc1n[nH]c(N)n1. The van der Waals surface area contributed by atoms with Gasteiger partial charge in [-0.3, -0.25) is 0 Å². The molecule has 0 aliphatic rings. The van der Waals surface area contributed by atoms with Crippen molar-refractivity contribution in [2.75, 3.05) is 11.1 Å². The van der Waals surface area contributed by atoms with Gasteiger partial charge in [0.1, 0.15) is 0 Å². The summed E-state index contributed by atoms with van der Waals surface area (Å²) in [5.74, 6) is 0.894. The molecule has 0 amide bonds. The molecular formula is C12H17N5. The summed E-state index contributed by atoms with van der Waals surface area (Å²) in [6, 6.07) is 10.7. The number of aromatic amines is 1. The van der Waals surface area contributed by atoms with Crippen LogP contribution < -0.4 is 11.1 Å². The Kier molecular flexibility index (Phi) is 3.59. The van der Waals surface area contributed by atoms with E-state index in [-0.39, 0.29) is 0 Å². The standard InChI is InChI=1S/C12H17N5/c1-9(14-12-15-11(13)16-17-12)7-8-10-5-3-2-4-6-10/h2-6,9H,7-8H2,1H3,(H4,13,14,15,16,17). The minimum atomic E-state index is 0.311. The van der Waals surface area contributed by atoms with Gasteiger partial charge in [0.25, 0.3) is 0 Å². The first kappa shape index (κ1) is 11.4. The van der Waals surface area contributed by atoms with E-state index < -0.39 is 0 Å². The van der Waals surface area contributed by atoms with Gasteiger partial charge in [0, 0.05) is 6.04 Å². The van der Waals surface area contributed by atoms with Crippen LogP contribution in [0, 0.1) is 0 Å². The summed E-state index contributed by atoms with van der Waals surface area (Å²) in [4.78, 5) is 4.01. The molecule has 0 fully saturated rings. The Hall–Kier alpha value is -2.04. The molecule has 2 aromatic rings. The molecule has 0 aliphatic heterocycles. The van der Waals surface area contributed by atoms with Crippen LogP contribution >= 0.6 is 0 Å². The van der Waals surface area contributed by atoms with Crippen LogP contribution in [0.1, 0.15) is 18.9 Å². The monoisotopic (exact) mass is 231 g/mol. The molecule has 0 bridgehead atoms. The fourth-order valence-corrected chi connectivity index (χ4v) is 1.66. The first-order chi connectivity index (χ1) is 8.24. The van der Waals surface area contributed by atoms with Crippen molar-refractivity contribution in [1.82, 2.24) is 15.2 Å². The van der Waals surface area contributed by atoms with Gasteiger partial charge in [-0.05, 0) is 25.3 Å². The highest BCUT2D eigenvalue weighted by Gasteiger charge is 2.05. The summed E-state index contributed by atoms with van der Waals surface area (Å²) in [5, 5.41) is 9.74. The van der Waals surface area contributed by atoms with E-state index in [1.165, 1.54) is 5.56 Å². The molecule has 0 aliphatic carbocycles. The van der Waals surface area contributed by atoms with Crippen LogP contribution in [0.3, 0.4) is 0 Å². The summed E-state index contributed by atoms with van der Waals surface area (Å²) in [6.45, 7) is 2.11. The predicted octanol–water partition coefficient (Wildman–Crippen LogP) is 1.82. The fraction of sp³-hybridized carbons (Fsp3) is 0.333. The van der Waals surface area contributed by atoms with Gasteiger partial charge in [-0.15, -0.1) is 5.10 Å². The number of aryl methyl sites for hydroxylation is 1. The number of nitrogens with zero attached hydrogens (tertiary/aromatic N) is 2. The first-order valence-electron chi connectivity index (χ1n) is 5.72. The molecule has 0 saturated carbocycles. The van der Waals surface area contributed by atoms with Gasteiger partial charge in [-0.1, -0.05) is 30.3 Å². The molecule has 5 nitrogen and oxygen atoms in total. The first-order valence-corrected chi connectivity index (χ1v) is 5.72. The zero-order chi connectivity index (χ0) is 12.1. The van der Waals surface area contributed by atoms with Gasteiger partial charge in [-0.2, -0.15) is 4.98 Å². The zero-order valence-electron chi connectivity index (χ0n) is 9.85. The van der Waals surface area contributed by atoms with Gasteiger partial charge in [0.05, 0.1) is 0 Å². The molecule has 1 atom stereocenters. The largest absolute Gasteiger partial charge is 0.368 e. The Morgan fingerprint density at radius 2 is 2.12 bits per heavy atom. The fourth-order valence-electron chi connectivity index (χ4n) is 1.66. The lowest BCUT2D eigenvalue weighted by atomic mass is 10.1. The molecule has 4 N–H and O–H groups in total. The number of anilines is 2. The summed E-state index contributed by atoms with van der Waals surface area (Å²) >= 11 is 0. The third-order valence-corrected chi connectivity index (χ3v) is 2.59. The predicted molar refractivity (Wildman–Crippen MR) is 68.6 cm³/mol. The Labute approximate surface area is 100 Å². The molecule has 1 aromatic carbocycles. The summed E-state index contributed by atoms with van der Waals surface area (Å²) < 4.78 is 0. The molecule has 1 heterocycles. The number of benzene rings is 1. The third kappa shape index (κ3) is 3.48. The van der Waals surface area contributed by atoms with Gasteiger partial charge in [0.2, 0.25) is 11.9 Å². The number of H-pyrrole nitrogens is 1. The van der Waals surface area contributed by atoms with Crippen LogP contribution in [0.15, 0.2) is 30.3 Å². The zero-order valence-corrected chi connectivity index (χ0v) is 9.85. The number of nitrogens with one attached hydrogen (secondary N) is 2. The molecule has 17 heavy (non-hydrogen) atoms. The van der Waals surface area contributed by atoms with Crippen molar-refractivity contribution in [1.29, 1.82) is 0 Å². The number of nitrogen functional groups attached to an aromatic ring is 1. The van der Waals surface area contributed by atoms with Crippen LogP contribution in [0.25, 0.3) is 0 Å². The molecule has 1 aromatic heterocycles. The maximum atomic E-state index is 5.45. The smallest absolute Gasteiger partial charge is 0.243 e. The lowest BCUT2D eigenvalue weighted by Gasteiger charge is -2.11. The molecule has 90 valence electrons. The van der Waals surface area contributed by atoms with Gasteiger partial charge >= 0.3 is 0 Å². The molecule has 2 rings (SSSR count). The van der Waals surface area contributed by atoms with Crippen molar-refractivity contribution in [2.24, 2.45) is 0 Å². The average molecular weight is 231 g/mol. The quantitative estimate of drug-likeness (QED) is 0.733. The van der Waals surface area contributed by atoms with Crippen molar-refractivity contribution < 1.29 is 0 Å². The molecule has 0 radical (unpaired) electrons. The van der Waals surface area contributed by atoms with E-state index in [0.29, 0.717) is 17.9 Å². The van der Waals surface area contributed by atoms with E-state index in [2.05, 4.69) is 51.7 Å². The second-order valence-electron chi connectivity index (χ2n) is 4.11. The normalized spacial score (nSPS) is 12.3. The van der Waals surface area contributed by atoms with Crippen LogP contribution in [-0.4, -0.2) is 21.2 Å². The van der Waals surface area contributed by atoms with Crippen molar-refractivity contribution in [3.8, 4) is 0 Å². The van der Waals surface area contributed by atoms with Crippen molar-refractivity contribution in [3.05, 3.63) is 35.9 Å². The van der Waals surface area contributed by atoms with Gasteiger partial charge in [0.15, 0.2) is 0 Å². The van der Waals surface area contributed by atoms with E-state index in [9.17, 15) is 0 Å². The van der Waals surface area contributed by atoms with E-state index in [1.54, 1.807) is 0 Å². The highest BCUT2D eigenvalue weighted by molar-refractivity contribution is 5.30. The third-order valence-electron chi connectivity index (χ3n) is 2.59. The molecule has 1 unspecified atom stereocenters. The minimum Gasteiger partial charge on any atom is -0.368 e. The lowest BCUT2D eigenvalue weighted by Crippen LogP contribution is -2.17. The number of rotatable bonds is 5. The number of nitrogens with two attached hydrogens (primary N) is 1. The van der Waals surface area contributed by atoms with Crippen molar-refractivity contribution in [3.63, 3.8) is 0 Å². The lowest BCUT2D eigenvalue weighted by molar-refractivity contribution is 0.699. The molecule has 0 spiro atoms. The Bertz CT molecular complexity index is 451. The molecule has 0 saturated heterocycles. The van der Waals surface area contributed by atoms with Crippen LogP contribution in [-0.2, 0) is 6.42 Å². The summed E-state index contributed by atoms with van der Waals surface area (Å²) in [7, 11) is 0. The Morgan fingerprint density at radius 1 is 1.35 bits per heavy atom. The summed E-state index contributed by atoms with van der Waals surface area (Å²) in [6.07, 6.45) is 2.06. The number of hydrogen-bond donors (Lipinski definition) is 3. The highest BCUT2D eigenvalue weighted by atomic mass is 15.3. The van der Waals surface area contributed by atoms with E-state index in [4.69, 9.17) is 5.73 Å². The van der Waals surface area contributed by atoms with E-state index in [1.807, 2.05) is 6.07 Å². The van der Waals surface area contributed by atoms with Crippen molar-refractivity contribution >= 4 is 11.9 Å². The van der Waals surface area contributed by atoms with Crippen LogP contribution in [0.2, 0.25) is 0 Å². The maximum absolute atomic E-state index is 5.45. The second kappa shape index (κ2) is 5.34. The van der Waals surface area contributed by atoms with E-state index >= 15 is 0 Å². The Balaban J connectivity index is 1.80. The molecular weight excluding hydrogens is 214 g/mol. The summed E-state index contributed by atoms with van der Waals surface area (Å²) in [5.41, 5.74) is 6.79. The topological polar surface area (TPSA) is 79.6 Å². The minimum absolute atomic E-state index is 0.311. The van der Waals surface area contributed by atoms with Crippen LogP contribution in [0.5, 0.6) is 0 Å². The highest BCUT2D eigenvalue weighted by Crippen LogP contribution is 2.08. The number of hydrogen-bond acceptors (Lipinski definition) is 4. The number of aromatic nitrogens is 3. The molecule has 5 heteroatoms. The van der Waals surface area contributed by atoms with Crippen LogP contribution in [0.4, 0.5) is 11.9 Å². The average Bonchev–Trinajstić information content (AvgIpc) is 2.73. The van der Waals surface area contributed by atoms with Gasteiger partial charge in [-0.25, -0.2) is 5.10 Å². The van der Waals surface area contributed by atoms with E-state index in [0.717, 1.165) is 12.8 Å². The Morgan fingerprint density at radius 3 is 2.76 bits per heavy atom.